The van der Waals surface area contributed by atoms with Gasteiger partial charge < -0.3 is 5.73 Å². The van der Waals surface area contributed by atoms with Crippen molar-refractivity contribution in [1.29, 1.82) is 0 Å². The van der Waals surface area contributed by atoms with Crippen molar-refractivity contribution < 1.29 is 12.8 Å². The van der Waals surface area contributed by atoms with E-state index in [1.54, 1.807) is 13.8 Å². The molecule has 0 bridgehead atoms. The first-order valence-electron chi connectivity index (χ1n) is 6.35. The minimum Gasteiger partial charge on any atom is -0.327 e. The third-order valence-corrected chi connectivity index (χ3v) is 5.61. The Hall–Kier alpha value is -0.690. The van der Waals surface area contributed by atoms with Crippen LogP contribution in [0.25, 0.3) is 0 Å². The van der Waals surface area contributed by atoms with Gasteiger partial charge in [0.15, 0.2) is 0 Å². The SMILES string of the molecule is Cc1cc(F)cc(C)c1S(=O)(=O)N1CCCC(N)C1.Cl. The maximum Gasteiger partial charge on any atom is 0.243 e. The summed E-state index contributed by atoms with van der Waals surface area (Å²) >= 11 is 0. The van der Waals surface area contributed by atoms with Crippen LogP contribution in [0.3, 0.4) is 0 Å². The van der Waals surface area contributed by atoms with E-state index < -0.39 is 15.8 Å². The number of halogens is 2. The number of rotatable bonds is 2. The Balaban J connectivity index is 0.00000200. The van der Waals surface area contributed by atoms with Crippen molar-refractivity contribution >= 4 is 22.4 Å². The van der Waals surface area contributed by atoms with Crippen LogP contribution in [-0.4, -0.2) is 31.9 Å². The van der Waals surface area contributed by atoms with E-state index in [0.717, 1.165) is 12.8 Å². The highest BCUT2D eigenvalue weighted by Crippen LogP contribution is 2.26. The van der Waals surface area contributed by atoms with Crippen molar-refractivity contribution in [3.8, 4) is 0 Å². The van der Waals surface area contributed by atoms with Gasteiger partial charge in [0.05, 0.1) is 4.90 Å². The Morgan fingerprint density at radius 2 is 1.85 bits per heavy atom. The van der Waals surface area contributed by atoms with Crippen molar-refractivity contribution in [1.82, 2.24) is 4.31 Å². The van der Waals surface area contributed by atoms with Gasteiger partial charge in [-0.1, -0.05) is 0 Å². The molecule has 0 aromatic heterocycles. The lowest BCUT2D eigenvalue weighted by Gasteiger charge is -2.30. The predicted octanol–water partition coefficient (Wildman–Crippen LogP) is 1.98. The Morgan fingerprint density at radius 1 is 1.30 bits per heavy atom. The van der Waals surface area contributed by atoms with Gasteiger partial charge in [0.25, 0.3) is 0 Å². The smallest absolute Gasteiger partial charge is 0.243 e. The van der Waals surface area contributed by atoms with Crippen LogP contribution in [0.4, 0.5) is 4.39 Å². The van der Waals surface area contributed by atoms with Gasteiger partial charge in [-0.05, 0) is 49.9 Å². The summed E-state index contributed by atoms with van der Waals surface area (Å²) in [5.41, 5.74) is 6.72. The first kappa shape index (κ1) is 17.4. The molecule has 1 aromatic carbocycles. The lowest BCUT2D eigenvalue weighted by Crippen LogP contribution is -2.45. The van der Waals surface area contributed by atoms with Crippen molar-refractivity contribution in [2.75, 3.05) is 13.1 Å². The van der Waals surface area contributed by atoms with E-state index in [-0.39, 0.29) is 23.3 Å². The van der Waals surface area contributed by atoms with Gasteiger partial charge >= 0.3 is 0 Å². The molecular weight excluding hydrogens is 303 g/mol. The Morgan fingerprint density at radius 3 is 2.35 bits per heavy atom. The molecule has 0 spiro atoms. The Bertz CT molecular complexity index is 569. The lowest BCUT2D eigenvalue weighted by atomic mass is 10.1. The minimum absolute atomic E-state index is 0. The van der Waals surface area contributed by atoms with Crippen LogP contribution in [0.1, 0.15) is 24.0 Å². The summed E-state index contributed by atoms with van der Waals surface area (Å²) in [7, 11) is -3.59. The van der Waals surface area contributed by atoms with E-state index in [2.05, 4.69) is 0 Å². The van der Waals surface area contributed by atoms with Crippen LogP contribution in [0.2, 0.25) is 0 Å². The summed E-state index contributed by atoms with van der Waals surface area (Å²) in [4.78, 5) is 0.211. The van der Waals surface area contributed by atoms with Gasteiger partial charge in [-0.25, -0.2) is 12.8 Å². The van der Waals surface area contributed by atoms with Gasteiger partial charge in [-0.2, -0.15) is 4.31 Å². The average molecular weight is 323 g/mol. The molecule has 1 heterocycles. The number of piperidine rings is 1. The molecular formula is C13H20ClFN2O2S. The van der Waals surface area contributed by atoms with E-state index in [1.165, 1.54) is 16.4 Å². The maximum atomic E-state index is 13.3. The van der Waals surface area contributed by atoms with Gasteiger partial charge in [-0.15, -0.1) is 12.4 Å². The van der Waals surface area contributed by atoms with Crippen LogP contribution in [0, 0.1) is 19.7 Å². The molecule has 1 unspecified atom stereocenters. The van der Waals surface area contributed by atoms with Crippen LogP contribution < -0.4 is 5.73 Å². The number of benzene rings is 1. The maximum absolute atomic E-state index is 13.3. The number of nitrogens with zero attached hydrogens (tertiary/aromatic N) is 1. The molecule has 1 aliphatic rings. The molecule has 1 atom stereocenters. The molecule has 0 amide bonds. The third-order valence-electron chi connectivity index (χ3n) is 3.44. The Labute approximate surface area is 125 Å². The van der Waals surface area contributed by atoms with Gasteiger partial charge in [-0.3, -0.25) is 0 Å². The van der Waals surface area contributed by atoms with Crippen molar-refractivity contribution in [2.45, 2.75) is 37.6 Å². The van der Waals surface area contributed by atoms with Gasteiger partial charge in [0.2, 0.25) is 10.0 Å². The molecule has 0 saturated carbocycles. The van der Waals surface area contributed by atoms with E-state index in [0.29, 0.717) is 24.2 Å². The first-order chi connectivity index (χ1) is 8.82. The molecule has 20 heavy (non-hydrogen) atoms. The summed E-state index contributed by atoms with van der Waals surface area (Å²) in [6.45, 7) is 4.05. The molecule has 7 heteroatoms. The standard InChI is InChI=1S/C13H19FN2O2S.ClH/c1-9-6-11(14)7-10(2)13(9)19(17,18)16-5-3-4-12(15)8-16;/h6-7,12H,3-5,8,15H2,1-2H3;1H. The molecule has 1 saturated heterocycles. The average Bonchev–Trinajstić information content (AvgIpc) is 2.26. The van der Waals surface area contributed by atoms with Crippen molar-refractivity contribution in [2.24, 2.45) is 5.73 Å². The fourth-order valence-electron chi connectivity index (χ4n) is 2.63. The Kier molecular flexibility index (Phi) is 5.54. The lowest BCUT2D eigenvalue weighted by molar-refractivity contribution is 0.316. The number of hydrogen-bond donors (Lipinski definition) is 1. The van der Waals surface area contributed by atoms with Crippen LogP contribution in [0.15, 0.2) is 17.0 Å². The molecule has 2 N–H and O–H groups in total. The number of nitrogens with two attached hydrogens (primary N) is 1. The summed E-state index contributed by atoms with van der Waals surface area (Å²) in [5.74, 6) is -0.413. The topological polar surface area (TPSA) is 63.4 Å². The molecule has 1 aliphatic heterocycles. The van der Waals surface area contributed by atoms with Crippen LogP contribution in [0.5, 0.6) is 0 Å². The molecule has 1 fully saturated rings. The van der Waals surface area contributed by atoms with Crippen molar-refractivity contribution in [3.05, 3.63) is 29.1 Å². The summed E-state index contributed by atoms with van der Waals surface area (Å²) in [6, 6.07) is 2.39. The fourth-order valence-corrected chi connectivity index (χ4v) is 4.57. The van der Waals surface area contributed by atoms with E-state index in [4.69, 9.17) is 5.73 Å². The number of sulfonamides is 1. The summed E-state index contributed by atoms with van der Waals surface area (Å²) in [6.07, 6.45) is 1.60. The second kappa shape index (κ2) is 6.39. The second-order valence-corrected chi connectivity index (χ2v) is 7.01. The highest BCUT2D eigenvalue weighted by Gasteiger charge is 2.31. The van der Waals surface area contributed by atoms with E-state index in [9.17, 15) is 12.8 Å². The van der Waals surface area contributed by atoms with E-state index in [1.807, 2.05) is 0 Å². The minimum atomic E-state index is -3.59. The molecule has 114 valence electrons. The molecule has 0 aliphatic carbocycles. The quantitative estimate of drug-likeness (QED) is 0.905. The van der Waals surface area contributed by atoms with Crippen molar-refractivity contribution in [3.63, 3.8) is 0 Å². The first-order valence-corrected chi connectivity index (χ1v) is 7.79. The zero-order valence-corrected chi connectivity index (χ0v) is 13.2. The highest BCUT2D eigenvalue weighted by molar-refractivity contribution is 7.89. The monoisotopic (exact) mass is 322 g/mol. The zero-order chi connectivity index (χ0) is 14.2. The fraction of sp³-hybridized carbons (Fsp3) is 0.538. The zero-order valence-electron chi connectivity index (χ0n) is 11.6. The van der Waals surface area contributed by atoms with Gasteiger partial charge in [0.1, 0.15) is 5.82 Å². The largest absolute Gasteiger partial charge is 0.327 e. The number of aryl methyl sites for hydroxylation is 2. The predicted molar refractivity (Wildman–Crippen MR) is 79.1 cm³/mol. The number of hydrogen-bond acceptors (Lipinski definition) is 3. The molecule has 2 rings (SSSR count). The van der Waals surface area contributed by atoms with Crippen LogP contribution in [-0.2, 0) is 10.0 Å². The van der Waals surface area contributed by atoms with Crippen LogP contribution >= 0.6 is 12.4 Å². The third kappa shape index (κ3) is 3.31. The summed E-state index contributed by atoms with van der Waals surface area (Å²) in [5, 5.41) is 0. The molecule has 0 radical (unpaired) electrons. The molecule has 1 aromatic rings. The summed E-state index contributed by atoms with van der Waals surface area (Å²) < 4.78 is 40.0. The normalized spacial score (nSPS) is 20.5. The highest BCUT2D eigenvalue weighted by atomic mass is 35.5. The van der Waals surface area contributed by atoms with Gasteiger partial charge in [0, 0.05) is 19.1 Å². The molecule has 4 nitrogen and oxygen atoms in total. The second-order valence-electron chi connectivity index (χ2n) is 5.13. The van der Waals surface area contributed by atoms with E-state index >= 15 is 0 Å².